The summed E-state index contributed by atoms with van der Waals surface area (Å²) in [6, 6.07) is 22.5. The molecule has 1 aliphatic heterocycles. The number of fused-ring (bicyclic) bond motifs is 4. The molecule has 9 heteroatoms. The summed E-state index contributed by atoms with van der Waals surface area (Å²) in [6.45, 7) is 8.49. The van der Waals surface area contributed by atoms with E-state index in [1.165, 1.54) is 33.6 Å². The highest BCUT2D eigenvalue weighted by Crippen LogP contribution is 2.44. The maximum absolute atomic E-state index is 13.0. The van der Waals surface area contributed by atoms with E-state index in [2.05, 4.69) is 34.6 Å². The molecule has 0 bridgehead atoms. The molecule has 2 heterocycles. The fraction of sp³-hybridized carbons (Fsp3) is 0.290. The van der Waals surface area contributed by atoms with Crippen molar-refractivity contribution in [1.82, 2.24) is 10.3 Å². The summed E-state index contributed by atoms with van der Waals surface area (Å²) in [5, 5.41) is 2.93. The fourth-order valence-electron chi connectivity index (χ4n) is 5.24. The Hall–Kier alpha value is -3.17. The summed E-state index contributed by atoms with van der Waals surface area (Å²) in [5.74, 6) is -0.00536. The maximum atomic E-state index is 13.0. The number of halogens is 1. The van der Waals surface area contributed by atoms with Crippen molar-refractivity contribution in [2.75, 3.05) is 13.2 Å². The Balaban J connectivity index is 1.19. The number of hydrogen-bond donors (Lipinski definition) is 1. The van der Waals surface area contributed by atoms with Gasteiger partial charge in [-0.1, -0.05) is 72.3 Å². The van der Waals surface area contributed by atoms with Gasteiger partial charge < -0.3 is 19.4 Å². The smallest absolute Gasteiger partial charge is 0.449 e. The van der Waals surface area contributed by atoms with Crippen molar-refractivity contribution in [2.45, 2.75) is 44.8 Å². The number of benzene rings is 3. The monoisotopic (exact) mass is 572 g/mol. The van der Waals surface area contributed by atoms with Crippen LogP contribution in [0.3, 0.4) is 0 Å². The van der Waals surface area contributed by atoms with E-state index >= 15 is 0 Å². The number of carbonyl (C=O) groups is 1. The van der Waals surface area contributed by atoms with Gasteiger partial charge in [0.25, 0.3) is 0 Å². The first-order valence-electron chi connectivity index (χ1n) is 13.3. The number of nitrogens with one attached hydrogen (secondary N) is 1. The van der Waals surface area contributed by atoms with E-state index in [1.807, 2.05) is 76.2 Å². The van der Waals surface area contributed by atoms with Crippen LogP contribution in [0.5, 0.6) is 0 Å². The highest BCUT2D eigenvalue weighted by molar-refractivity contribution is 7.22. The van der Waals surface area contributed by atoms with E-state index in [-0.39, 0.29) is 19.1 Å². The molecule has 1 amide bonds. The first kappa shape index (κ1) is 27.0. The van der Waals surface area contributed by atoms with E-state index in [9.17, 15) is 4.79 Å². The molecule has 6 nitrogen and oxygen atoms in total. The van der Waals surface area contributed by atoms with Crippen molar-refractivity contribution < 1.29 is 18.8 Å². The number of rotatable bonds is 6. The molecule has 0 spiro atoms. The van der Waals surface area contributed by atoms with Gasteiger partial charge in [0.05, 0.1) is 21.4 Å². The lowest BCUT2D eigenvalue weighted by Crippen LogP contribution is -2.41. The molecule has 1 saturated heterocycles. The van der Waals surface area contributed by atoms with Crippen LogP contribution in [0.1, 0.15) is 50.3 Å². The molecule has 1 aliphatic carbocycles. The third-order valence-corrected chi connectivity index (χ3v) is 9.20. The highest BCUT2D eigenvalue weighted by atomic mass is 35.5. The summed E-state index contributed by atoms with van der Waals surface area (Å²) >= 11 is 7.54. The average Bonchev–Trinajstić information content (AvgIpc) is 3.52. The second kappa shape index (κ2) is 10.3. The Morgan fingerprint density at radius 1 is 1.02 bits per heavy atom. The van der Waals surface area contributed by atoms with E-state index in [0.717, 1.165) is 21.3 Å². The Labute approximate surface area is 243 Å². The molecule has 40 heavy (non-hydrogen) atoms. The molecule has 204 valence electrons. The minimum absolute atomic E-state index is 0.00536. The van der Waals surface area contributed by atoms with Crippen LogP contribution in [-0.4, -0.2) is 42.5 Å². The largest absolute Gasteiger partial charge is 0.492 e. The molecule has 4 aromatic rings. The van der Waals surface area contributed by atoms with Gasteiger partial charge in [-0.15, -0.1) is 11.3 Å². The Morgan fingerprint density at radius 3 is 2.30 bits per heavy atom. The van der Waals surface area contributed by atoms with Crippen molar-refractivity contribution in [2.24, 2.45) is 0 Å². The minimum Gasteiger partial charge on any atom is -0.449 e. The predicted octanol–water partition coefficient (Wildman–Crippen LogP) is 7.50. The van der Waals surface area contributed by atoms with Gasteiger partial charge in [0, 0.05) is 12.5 Å². The summed E-state index contributed by atoms with van der Waals surface area (Å²) < 4.78 is 19.9. The lowest BCUT2D eigenvalue weighted by atomic mass is 9.77. The number of thiazole rings is 1. The number of hydrogen-bond acceptors (Lipinski definition) is 6. The summed E-state index contributed by atoms with van der Waals surface area (Å²) in [7, 11) is -0.625. The molecule has 0 saturated carbocycles. The van der Waals surface area contributed by atoms with E-state index < -0.39 is 24.4 Å². The number of amides is 1. The second-order valence-electron chi connectivity index (χ2n) is 11.2. The predicted molar refractivity (Wildman–Crippen MR) is 162 cm³/mol. The fourth-order valence-corrected chi connectivity index (χ4v) is 6.32. The summed E-state index contributed by atoms with van der Waals surface area (Å²) in [5.41, 5.74) is 6.26. The van der Waals surface area contributed by atoms with Gasteiger partial charge in [-0.3, -0.25) is 0 Å². The SMILES string of the molecule is CC1(C)OB(C(=Cc2ccc3nc(Cl)sc3c2)CNC(=O)OCC2c3ccccc3-c3ccccc32)OC1(C)C. The van der Waals surface area contributed by atoms with Crippen LogP contribution in [0, 0.1) is 0 Å². The number of aromatic nitrogens is 1. The maximum Gasteiger partial charge on any atom is 0.492 e. The Kier molecular flexibility index (Phi) is 6.99. The zero-order chi connectivity index (χ0) is 28.1. The van der Waals surface area contributed by atoms with Gasteiger partial charge in [-0.05, 0) is 73.1 Å². The van der Waals surface area contributed by atoms with Crippen LogP contribution in [0.2, 0.25) is 4.47 Å². The zero-order valence-corrected chi connectivity index (χ0v) is 24.4. The molecule has 1 aromatic heterocycles. The van der Waals surface area contributed by atoms with Crippen LogP contribution in [0.4, 0.5) is 4.79 Å². The standard InChI is InChI=1S/C31H30BClN2O4S/c1-30(2)31(3,4)39-32(38-30)20(15-19-13-14-26-27(16-19)40-28(33)35-26)17-34-29(36)37-18-25-23-11-7-5-9-21(23)22-10-6-8-12-24(22)25/h5-16,25H,17-18H2,1-4H3,(H,34,36). The van der Waals surface area contributed by atoms with E-state index in [0.29, 0.717) is 4.47 Å². The van der Waals surface area contributed by atoms with Gasteiger partial charge >= 0.3 is 13.2 Å². The highest BCUT2D eigenvalue weighted by Gasteiger charge is 2.52. The van der Waals surface area contributed by atoms with Crippen molar-refractivity contribution in [1.29, 1.82) is 0 Å². The topological polar surface area (TPSA) is 69.7 Å². The normalized spacial score (nSPS) is 17.6. The van der Waals surface area contributed by atoms with Crippen LogP contribution in [0.15, 0.2) is 72.2 Å². The molecular formula is C31H30BClN2O4S. The Morgan fingerprint density at radius 2 is 1.65 bits per heavy atom. The van der Waals surface area contributed by atoms with Gasteiger partial charge in [0.15, 0.2) is 4.47 Å². The second-order valence-corrected chi connectivity index (χ2v) is 12.8. The van der Waals surface area contributed by atoms with Crippen molar-refractivity contribution in [3.8, 4) is 11.1 Å². The lowest BCUT2D eigenvalue weighted by Gasteiger charge is -2.32. The summed E-state index contributed by atoms with van der Waals surface area (Å²) in [4.78, 5) is 17.3. The van der Waals surface area contributed by atoms with Crippen LogP contribution < -0.4 is 5.32 Å². The van der Waals surface area contributed by atoms with E-state index in [1.54, 1.807) is 0 Å². The first-order valence-corrected chi connectivity index (χ1v) is 14.5. The van der Waals surface area contributed by atoms with Crippen LogP contribution in [-0.2, 0) is 14.0 Å². The van der Waals surface area contributed by atoms with Gasteiger partial charge in [-0.25, -0.2) is 9.78 Å². The number of carbonyl (C=O) groups excluding carboxylic acids is 1. The average molecular weight is 573 g/mol. The minimum atomic E-state index is -0.625. The van der Waals surface area contributed by atoms with Crippen LogP contribution in [0.25, 0.3) is 27.4 Å². The molecule has 6 rings (SSSR count). The van der Waals surface area contributed by atoms with Crippen molar-refractivity contribution in [3.63, 3.8) is 0 Å². The Bertz CT molecular complexity index is 1570. The zero-order valence-electron chi connectivity index (χ0n) is 22.9. The molecule has 1 N–H and O–H groups in total. The molecule has 3 aromatic carbocycles. The van der Waals surface area contributed by atoms with Crippen molar-refractivity contribution >= 4 is 52.4 Å². The van der Waals surface area contributed by atoms with E-state index in [4.69, 9.17) is 25.6 Å². The molecule has 1 fully saturated rings. The van der Waals surface area contributed by atoms with Gasteiger partial charge in [0.2, 0.25) is 0 Å². The van der Waals surface area contributed by atoms with Crippen molar-refractivity contribution in [3.05, 3.63) is 93.4 Å². The van der Waals surface area contributed by atoms with Crippen LogP contribution >= 0.6 is 22.9 Å². The number of alkyl carbamates (subject to hydrolysis) is 1. The molecule has 0 atom stereocenters. The molecule has 0 unspecified atom stereocenters. The number of ether oxygens (including phenoxy) is 1. The molecule has 2 aliphatic rings. The van der Waals surface area contributed by atoms with Gasteiger partial charge in [-0.2, -0.15) is 0 Å². The first-order chi connectivity index (χ1) is 19.1. The molecule has 0 radical (unpaired) electrons. The quantitative estimate of drug-likeness (QED) is 0.242. The molecular weight excluding hydrogens is 543 g/mol. The number of nitrogens with zero attached hydrogens (tertiary/aromatic N) is 1. The lowest BCUT2D eigenvalue weighted by molar-refractivity contribution is 0.00578. The van der Waals surface area contributed by atoms with Gasteiger partial charge in [0.1, 0.15) is 6.61 Å². The third-order valence-electron chi connectivity index (χ3n) is 8.07. The summed E-state index contributed by atoms with van der Waals surface area (Å²) in [6.07, 6.45) is 1.49. The third kappa shape index (κ3) is 5.05.